The lowest BCUT2D eigenvalue weighted by Crippen LogP contribution is -2.30. The van der Waals surface area contributed by atoms with Crippen molar-refractivity contribution < 1.29 is 14.0 Å². The minimum Gasteiger partial charge on any atom is -0.354 e. The Balaban J connectivity index is 2.11. The molecule has 2 aromatic rings. The number of nitrogens with zero attached hydrogens (tertiary/aromatic N) is 2. The fourth-order valence-corrected chi connectivity index (χ4v) is 2.62. The highest BCUT2D eigenvalue weighted by atomic mass is 19.1. The lowest BCUT2D eigenvalue weighted by molar-refractivity contribution is -0.121. The predicted molar refractivity (Wildman–Crippen MR) is 108 cm³/mol. The Morgan fingerprint density at radius 3 is 2.29 bits per heavy atom. The van der Waals surface area contributed by atoms with Crippen molar-refractivity contribution >= 4 is 17.6 Å². The summed E-state index contributed by atoms with van der Waals surface area (Å²) in [5.41, 5.74) is 1.26. The summed E-state index contributed by atoms with van der Waals surface area (Å²) in [7, 11) is 0. The summed E-state index contributed by atoms with van der Waals surface area (Å²) in [6.45, 7) is 9.89. The lowest BCUT2D eigenvalue weighted by atomic mass is 9.92. The molecule has 2 N–H and O–H groups in total. The number of halogens is 1. The van der Waals surface area contributed by atoms with Crippen LogP contribution in [0.2, 0.25) is 0 Å². The molecule has 2 rings (SSSR count). The molecule has 28 heavy (non-hydrogen) atoms. The number of carbonyl (C=O) groups is 2. The van der Waals surface area contributed by atoms with Crippen LogP contribution >= 0.6 is 0 Å². The topological polar surface area (TPSA) is 76.0 Å². The molecule has 152 valence electrons. The van der Waals surface area contributed by atoms with E-state index in [0.717, 1.165) is 5.69 Å². The third kappa shape index (κ3) is 6.18. The second-order valence-corrected chi connectivity index (χ2v) is 8.18. The highest BCUT2D eigenvalue weighted by molar-refractivity contribution is 5.90. The molecule has 0 spiro atoms. The summed E-state index contributed by atoms with van der Waals surface area (Å²) < 4.78 is 14.9. The maximum atomic E-state index is 13.3. The van der Waals surface area contributed by atoms with E-state index in [-0.39, 0.29) is 35.5 Å². The van der Waals surface area contributed by atoms with Crippen molar-refractivity contribution in [1.29, 1.82) is 0 Å². The molecule has 0 aliphatic heterocycles. The number of aromatic nitrogens is 2. The molecule has 0 unspecified atom stereocenters. The molecule has 0 fully saturated rings. The predicted octanol–water partition coefficient (Wildman–Crippen LogP) is 3.94. The molecule has 1 aromatic carbocycles. The van der Waals surface area contributed by atoms with Gasteiger partial charge in [0.25, 0.3) is 0 Å². The van der Waals surface area contributed by atoms with Gasteiger partial charge in [-0.2, -0.15) is 5.10 Å². The molecule has 0 aliphatic rings. The van der Waals surface area contributed by atoms with Crippen LogP contribution in [-0.2, 0) is 15.0 Å². The second-order valence-electron chi connectivity index (χ2n) is 8.18. The van der Waals surface area contributed by atoms with Crippen LogP contribution in [0.4, 0.5) is 10.2 Å². The van der Waals surface area contributed by atoms with E-state index in [0.29, 0.717) is 24.3 Å². The average molecular weight is 388 g/mol. The maximum absolute atomic E-state index is 13.3. The van der Waals surface area contributed by atoms with E-state index in [1.54, 1.807) is 16.8 Å². The van der Waals surface area contributed by atoms with Gasteiger partial charge in [0.05, 0.1) is 11.4 Å². The van der Waals surface area contributed by atoms with Gasteiger partial charge in [-0.15, -0.1) is 0 Å². The van der Waals surface area contributed by atoms with Crippen LogP contribution in [0.3, 0.4) is 0 Å². The number of anilines is 1. The summed E-state index contributed by atoms with van der Waals surface area (Å²) in [4.78, 5) is 24.1. The van der Waals surface area contributed by atoms with E-state index in [2.05, 4.69) is 15.7 Å². The van der Waals surface area contributed by atoms with Gasteiger partial charge in [0.15, 0.2) is 0 Å². The van der Waals surface area contributed by atoms with Gasteiger partial charge in [-0.25, -0.2) is 9.07 Å². The Bertz CT molecular complexity index is 820. The zero-order chi connectivity index (χ0) is 20.9. The molecule has 0 saturated carbocycles. The van der Waals surface area contributed by atoms with Crippen LogP contribution < -0.4 is 10.6 Å². The van der Waals surface area contributed by atoms with Gasteiger partial charge in [-0.05, 0) is 44.5 Å². The van der Waals surface area contributed by atoms with E-state index in [1.807, 2.05) is 40.7 Å². The third-order valence-corrected chi connectivity index (χ3v) is 4.07. The monoisotopic (exact) mass is 388 g/mol. The molecule has 6 nitrogen and oxygen atoms in total. The normalized spacial score (nSPS) is 11.5. The molecule has 0 radical (unpaired) electrons. The van der Waals surface area contributed by atoms with E-state index < -0.39 is 0 Å². The zero-order valence-corrected chi connectivity index (χ0v) is 17.2. The van der Waals surface area contributed by atoms with Gasteiger partial charge in [-0.1, -0.05) is 20.8 Å². The summed E-state index contributed by atoms with van der Waals surface area (Å²) in [5.74, 6) is -0.0689. The number of rotatable bonds is 7. The fourth-order valence-electron chi connectivity index (χ4n) is 2.62. The highest BCUT2D eigenvalue weighted by Gasteiger charge is 2.21. The van der Waals surface area contributed by atoms with Crippen LogP contribution in [0.5, 0.6) is 0 Å². The molecule has 0 aliphatic carbocycles. The van der Waals surface area contributed by atoms with Gasteiger partial charge in [0.2, 0.25) is 11.8 Å². The Morgan fingerprint density at radius 2 is 1.71 bits per heavy atom. The van der Waals surface area contributed by atoms with Crippen LogP contribution in [0.1, 0.15) is 59.6 Å². The van der Waals surface area contributed by atoms with Gasteiger partial charge < -0.3 is 10.6 Å². The molecular formula is C21H29FN4O2. The summed E-state index contributed by atoms with van der Waals surface area (Å²) in [6, 6.07) is 7.84. The average Bonchev–Trinajstić information content (AvgIpc) is 2.99. The van der Waals surface area contributed by atoms with Crippen LogP contribution in [0.25, 0.3) is 5.69 Å². The number of amides is 2. The van der Waals surface area contributed by atoms with Crippen molar-refractivity contribution in [3.05, 3.63) is 41.8 Å². The first-order chi connectivity index (χ1) is 13.1. The first kappa shape index (κ1) is 21.6. The number of carbonyl (C=O) groups excluding carboxylic acids is 2. The largest absolute Gasteiger partial charge is 0.354 e. The van der Waals surface area contributed by atoms with Crippen molar-refractivity contribution in [2.45, 2.75) is 65.3 Å². The third-order valence-electron chi connectivity index (χ3n) is 4.07. The molecule has 1 heterocycles. The molecule has 7 heteroatoms. The first-order valence-electron chi connectivity index (χ1n) is 9.52. The minimum atomic E-state index is -0.336. The van der Waals surface area contributed by atoms with Crippen LogP contribution in [0.15, 0.2) is 30.3 Å². The second kappa shape index (κ2) is 8.99. The van der Waals surface area contributed by atoms with Gasteiger partial charge >= 0.3 is 0 Å². The van der Waals surface area contributed by atoms with E-state index in [4.69, 9.17) is 0 Å². The number of hydrogen-bond donors (Lipinski definition) is 2. The Hall–Kier alpha value is -2.70. The van der Waals surface area contributed by atoms with Crippen molar-refractivity contribution in [3.63, 3.8) is 0 Å². The Morgan fingerprint density at radius 1 is 1.11 bits per heavy atom. The molecule has 0 atom stereocenters. The SMILES string of the molecule is CC(C)NC(=O)CCCC(=O)Nc1cc(C(C)(C)C)nn1-c1ccc(F)cc1. The van der Waals surface area contributed by atoms with Crippen LogP contribution in [0, 0.1) is 5.82 Å². The van der Waals surface area contributed by atoms with Crippen molar-refractivity contribution in [3.8, 4) is 5.69 Å². The van der Waals surface area contributed by atoms with Gasteiger partial charge in [0, 0.05) is 30.4 Å². The molecular weight excluding hydrogens is 359 g/mol. The minimum absolute atomic E-state index is 0.0610. The Labute approximate surface area is 165 Å². The van der Waals surface area contributed by atoms with Gasteiger partial charge in [0.1, 0.15) is 11.6 Å². The summed E-state index contributed by atoms with van der Waals surface area (Å²) >= 11 is 0. The number of benzene rings is 1. The summed E-state index contributed by atoms with van der Waals surface area (Å²) in [5, 5.41) is 10.3. The molecule has 2 amide bonds. The lowest BCUT2D eigenvalue weighted by Gasteiger charge is -2.14. The molecule has 1 aromatic heterocycles. The van der Waals surface area contributed by atoms with E-state index in [1.165, 1.54) is 12.1 Å². The Kier molecular flexibility index (Phi) is 6.94. The van der Waals surface area contributed by atoms with E-state index >= 15 is 0 Å². The smallest absolute Gasteiger partial charge is 0.225 e. The standard InChI is InChI=1S/C21H29FN4O2/c1-14(2)23-19(27)7-6-8-20(28)24-18-13-17(21(3,4)5)25-26(18)16-11-9-15(22)10-12-16/h9-14H,6-8H2,1-5H3,(H,23,27)(H,24,28). The number of hydrogen-bond acceptors (Lipinski definition) is 3. The quantitative estimate of drug-likeness (QED) is 0.754. The van der Waals surface area contributed by atoms with Crippen molar-refractivity contribution in [2.75, 3.05) is 5.32 Å². The highest BCUT2D eigenvalue weighted by Crippen LogP contribution is 2.26. The van der Waals surface area contributed by atoms with Crippen molar-refractivity contribution in [2.24, 2.45) is 0 Å². The summed E-state index contributed by atoms with van der Waals surface area (Å²) in [6.07, 6.45) is 0.988. The maximum Gasteiger partial charge on any atom is 0.225 e. The fraction of sp³-hybridized carbons (Fsp3) is 0.476. The van der Waals surface area contributed by atoms with Crippen LogP contribution in [-0.4, -0.2) is 27.6 Å². The number of nitrogens with one attached hydrogen (secondary N) is 2. The van der Waals surface area contributed by atoms with Gasteiger partial charge in [-0.3, -0.25) is 9.59 Å². The zero-order valence-electron chi connectivity index (χ0n) is 17.2. The molecule has 0 saturated heterocycles. The van der Waals surface area contributed by atoms with Crippen molar-refractivity contribution in [1.82, 2.24) is 15.1 Å². The first-order valence-corrected chi connectivity index (χ1v) is 9.52. The van der Waals surface area contributed by atoms with E-state index in [9.17, 15) is 14.0 Å². The molecule has 0 bridgehead atoms.